The van der Waals surface area contributed by atoms with E-state index in [4.69, 9.17) is 34.1 Å². The molecular formula is C99H105N25O5. The van der Waals surface area contributed by atoms with Gasteiger partial charge in [-0.2, -0.15) is 0 Å². The zero-order valence-corrected chi connectivity index (χ0v) is 74.1. The molecule has 0 spiro atoms. The van der Waals surface area contributed by atoms with E-state index < -0.39 is 0 Å². The summed E-state index contributed by atoms with van der Waals surface area (Å²) in [7, 11) is 2.18. The van der Waals surface area contributed by atoms with E-state index in [1.165, 1.54) is 45.3 Å². The number of ether oxygens (including phenoxy) is 3. The van der Waals surface area contributed by atoms with Crippen molar-refractivity contribution in [3.63, 3.8) is 0 Å². The highest BCUT2D eigenvalue weighted by Gasteiger charge is 2.42. The van der Waals surface area contributed by atoms with Crippen molar-refractivity contribution in [3.05, 3.63) is 258 Å². The summed E-state index contributed by atoms with van der Waals surface area (Å²) in [6, 6.07) is 48.5. The Morgan fingerprint density at radius 3 is 1.18 bits per heavy atom. The van der Waals surface area contributed by atoms with Crippen molar-refractivity contribution in [2.45, 2.75) is 111 Å². The van der Waals surface area contributed by atoms with Crippen LogP contribution in [0.25, 0.3) is 87.2 Å². The fourth-order valence-electron chi connectivity index (χ4n) is 17.9. The van der Waals surface area contributed by atoms with Gasteiger partial charge in [0.05, 0.1) is 126 Å². The predicted octanol–water partition coefficient (Wildman–Crippen LogP) is 15.3. The lowest BCUT2D eigenvalue weighted by molar-refractivity contribution is -0.00736. The molecule has 656 valence electrons. The second-order valence-corrected chi connectivity index (χ2v) is 33.7. The number of carbonyl (C=O) groups is 2. The van der Waals surface area contributed by atoms with E-state index in [2.05, 4.69) is 185 Å². The second-order valence-electron chi connectivity index (χ2n) is 33.7. The molecule has 12 aromatic heterocycles. The van der Waals surface area contributed by atoms with Crippen LogP contribution in [0.5, 0.6) is 0 Å². The highest BCUT2D eigenvalue weighted by Crippen LogP contribution is 2.38. The lowest BCUT2D eigenvalue weighted by atomic mass is 10.00. The molecule has 0 aliphatic carbocycles. The van der Waals surface area contributed by atoms with Gasteiger partial charge >= 0.3 is 0 Å². The second kappa shape index (κ2) is 38.8. The van der Waals surface area contributed by atoms with Crippen LogP contribution in [-0.4, -0.2) is 229 Å². The average Bonchev–Trinajstić information content (AvgIpc) is 1.75. The number of hydrogen-bond acceptors (Lipinski definition) is 28. The van der Waals surface area contributed by atoms with Gasteiger partial charge in [0.15, 0.2) is 23.3 Å². The standard InChI is InChI=1S/C26H26N6O2.C25H28N6O.C24H27N7.C24H24N6O2/c1-15-5-3-6-17-11-21(16(2)30-25-23-20(28-14-29-25)7-4-10-27-23)31-24(22(15)17)26(33)32-18-8-9-19(32)13-34-12-18;1-17-5-3-6-19-15-22(30-20(23(17)19)8-10-31-11-13-32-14-12-31)18(2)29-25-24-21(27-16-28-25)7-4-9-26-24;1-16-6-4-7-18-14-20(29-24(21(16)18)31-12-10-30(3)11-13-31)17(2)28-23-22-19(26-15-27-23)8-5-9-25-22;1-15-5-3-6-17-13-19(29-22(20(15)17)24(31)30-9-11-32-12-10-30)16(2)28-23-21-18(26-14-27-23)7-4-8-25-21/h3-7,10-11,14,16,18-19H,8-9,12-13H2,1-2H3,(H,28,29,30);3-7,9,15-16,18H,8,10-14H2,1-2H3,(H,27,28,29);4-9,14-15,17H,10-13H2,1-3H3,(H,26,27,28);3-8,13-14,16H,9-12H2,1-2H3,(H,26,27,28)/t16-,18?,19?;18-;17-;16-/m0000/s1. The van der Waals surface area contributed by atoms with Crippen molar-refractivity contribution in [2.24, 2.45) is 0 Å². The molecule has 2 unspecified atom stereocenters. The van der Waals surface area contributed by atoms with Crippen LogP contribution in [0.3, 0.4) is 0 Å². The van der Waals surface area contributed by atoms with Gasteiger partial charge in [0.2, 0.25) is 0 Å². The van der Waals surface area contributed by atoms with Gasteiger partial charge in [-0.3, -0.25) is 39.4 Å². The van der Waals surface area contributed by atoms with Gasteiger partial charge in [-0.15, -0.1) is 0 Å². The molecule has 5 saturated heterocycles. The fourth-order valence-corrected chi connectivity index (χ4v) is 17.9. The number of hydrogen-bond donors (Lipinski definition) is 4. The minimum Gasteiger partial charge on any atom is -0.379 e. The predicted molar refractivity (Wildman–Crippen MR) is 505 cm³/mol. The van der Waals surface area contributed by atoms with Crippen LogP contribution in [0, 0.1) is 27.7 Å². The number of amides is 2. The molecule has 6 atom stereocenters. The zero-order chi connectivity index (χ0) is 88.6. The SMILES string of the molecule is Cc1cccc2cc([C@H](C)Nc3ncnc4cccnc34)nc(C(=O)N3C4CCC3COC4)c12.Cc1cccc2cc([C@H](C)Nc3ncnc4cccnc34)nc(C(=O)N3CCOCC3)c12.Cc1cccc2cc([C@H](C)Nc3ncnc4cccnc34)nc(CCN3CCOCC3)c12.Cc1cccc2cc([C@H](C)Nc3ncnc4cccnc34)nc(N3CCN(C)CC3)c12. The third kappa shape index (κ3) is 18.9. The summed E-state index contributed by atoms with van der Waals surface area (Å²) in [6.07, 6.45) is 16.1. The molecule has 0 radical (unpaired) electrons. The van der Waals surface area contributed by atoms with Crippen molar-refractivity contribution in [1.29, 1.82) is 0 Å². The van der Waals surface area contributed by atoms with E-state index in [0.717, 1.165) is 190 Å². The van der Waals surface area contributed by atoms with Gasteiger partial charge in [-0.05, 0) is 192 Å². The van der Waals surface area contributed by atoms with Gasteiger partial charge < -0.3 is 55.1 Å². The monoisotopic (exact) mass is 1720 g/mol. The van der Waals surface area contributed by atoms with Crippen molar-refractivity contribution >= 4 is 128 Å². The number of aryl methyl sites for hydroxylation is 4. The number of piperazine rings is 1. The van der Waals surface area contributed by atoms with E-state index in [1.807, 2.05) is 128 Å². The molecule has 2 bridgehead atoms. The Hall–Kier alpha value is -13.8. The first-order valence-electron chi connectivity index (χ1n) is 44.4. The van der Waals surface area contributed by atoms with Gasteiger partial charge in [-0.25, -0.2) is 54.8 Å². The van der Waals surface area contributed by atoms with Crippen LogP contribution in [0.2, 0.25) is 0 Å². The Balaban J connectivity index is 0.000000116. The number of rotatable bonds is 18. The lowest BCUT2D eigenvalue weighted by Crippen LogP contribution is -2.49. The van der Waals surface area contributed by atoms with Crippen LogP contribution < -0.4 is 26.2 Å². The molecule has 0 saturated carbocycles. The summed E-state index contributed by atoms with van der Waals surface area (Å²) in [4.78, 5) is 111. The number of likely N-dealkylation sites (N-methyl/N-ethyl adjacent to an activating group) is 1. The summed E-state index contributed by atoms with van der Waals surface area (Å²) in [5.41, 5.74) is 16.4. The van der Waals surface area contributed by atoms with Gasteiger partial charge in [0, 0.05) is 112 Å². The molecular weight excluding hydrogens is 1620 g/mol. The third-order valence-electron chi connectivity index (χ3n) is 24.9. The van der Waals surface area contributed by atoms with E-state index >= 15 is 0 Å². The van der Waals surface area contributed by atoms with Crippen molar-refractivity contribution in [1.82, 2.24) is 99.3 Å². The highest BCUT2D eigenvalue weighted by atomic mass is 16.5. The molecule has 17 heterocycles. The van der Waals surface area contributed by atoms with Crippen LogP contribution in [0.1, 0.15) is 136 Å². The highest BCUT2D eigenvalue weighted by molar-refractivity contribution is 6.08. The molecule has 21 rings (SSSR count). The maximum absolute atomic E-state index is 13.9. The maximum Gasteiger partial charge on any atom is 0.273 e. The molecule has 129 heavy (non-hydrogen) atoms. The lowest BCUT2D eigenvalue weighted by Gasteiger charge is -2.34. The molecule has 5 aliphatic heterocycles. The average molecular weight is 1730 g/mol. The van der Waals surface area contributed by atoms with E-state index in [-0.39, 0.29) is 48.1 Å². The number of morpholine rings is 3. The minimum absolute atomic E-state index is 0.00157. The van der Waals surface area contributed by atoms with Crippen molar-refractivity contribution in [2.75, 3.05) is 132 Å². The Morgan fingerprint density at radius 2 is 0.752 bits per heavy atom. The van der Waals surface area contributed by atoms with Gasteiger partial charge in [0.25, 0.3) is 11.8 Å². The Labute approximate surface area is 747 Å². The van der Waals surface area contributed by atoms with Crippen LogP contribution in [0.4, 0.5) is 29.1 Å². The molecule has 4 aromatic carbocycles. The maximum atomic E-state index is 13.9. The number of pyridine rings is 8. The summed E-state index contributed by atoms with van der Waals surface area (Å²) in [6.45, 7) is 28.8. The number of benzene rings is 4. The zero-order valence-electron chi connectivity index (χ0n) is 74.1. The molecule has 4 N–H and O–H groups in total. The van der Waals surface area contributed by atoms with Crippen LogP contribution >= 0.6 is 0 Å². The molecule has 5 fully saturated rings. The number of carbonyl (C=O) groups excluding carboxylic acids is 2. The Morgan fingerprint density at radius 1 is 0.388 bits per heavy atom. The first-order valence-corrected chi connectivity index (χ1v) is 44.4. The van der Waals surface area contributed by atoms with Gasteiger partial charge in [0.1, 0.15) is 64.6 Å². The van der Waals surface area contributed by atoms with Gasteiger partial charge in [-0.1, -0.05) is 72.8 Å². The van der Waals surface area contributed by atoms with E-state index in [1.54, 1.807) is 37.4 Å². The van der Waals surface area contributed by atoms with Crippen LogP contribution in [-0.2, 0) is 20.6 Å². The smallest absolute Gasteiger partial charge is 0.273 e. The topological polar surface area (TPSA) is 332 Å². The van der Waals surface area contributed by atoms with Crippen molar-refractivity contribution in [3.8, 4) is 0 Å². The minimum atomic E-state index is -0.198. The number of fused-ring (bicyclic) bond motifs is 10. The molecule has 16 aromatic rings. The number of anilines is 5. The number of aromatic nitrogens is 16. The molecule has 30 nitrogen and oxygen atoms in total. The number of nitrogens with one attached hydrogen (secondary N) is 4. The summed E-state index contributed by atoms with van der Waals surface area (Å²) in [5, 5.41) is 22.6. The fraction of sp³-hybridized carbons (Fsp3) is 0.333. The summed E-state index contributed by atoms with van der Waals surface area (Å²) < 4.78 is 16.6. The normalized spacial score (nSPS) is 17.0. The molecule has 30 heteroatoms. The Kier molecular flexibility index (Phi) is 25.9. The third-order valence-corrected chi connectivity index (χ3v) is 24.9. The largest absolute Gasteiger partial charge is 0.379 e. The summed E-state index contributed by atoms with van der Waals surface area (Å²) >= 11 is 0. The quantitative estimate of drug-likeness (QED) is 0.0620. The Bertz CT molecular complexity index is 6750. The summed E-state index contributed by atoms with van der Waals surface area (Å²) in [5.74, 6) is 3.75. The first kappa shape index (κ1) is 86.0. The molecule has 2 amide bonds. The van der Waals surface area contributed by atoms with E-state index in [9.17, 15) is 9.59 Å². The van der Waals surface area contributed by atoms with E-state index in [0.29, 0.717) is 73.6 Å². The number of nitrogens with zero attached hydrogens (tertiary/aromatic N) is 21. The first-order chi connectivity index (χ1) is 63.0. The van der Waals surface area contributed by atoms with Crippen molar-refractivity contribution < 1.29 is 23.8 Å². The van der Waals surface area contributed by atoms with Crippen LogP contribution in [0.15, 0.2) is 196 Å². The molecule has 5 aliphatic rings.